The molecule has 4 rings (SSSR count). The molecule has 0 radical (unpaired) electrons. The maximum absolute atomic E-state index is 13.4. The molecule has 1 aliphatic rings. The number of esters is 1. The van der Waals surface area contributed by atoms with Crippen molar-refractivity contribution >= 4 is 16.9 Å². The van der Waals surface area contributed by atoms with Gasteiger partial charge in [0.15, 0.2) is 17.6 Å². The molecule has 168 valence electrons. The minimum atomic E-state index is -0.789. The Morgan fingerprint density at radius 2 is 1.78 bits per heavy atom. The maximum Gasteiger partial charge on any atom is 0.346 e. The van der Waals surface area contributed by atoms with Gasteiger partial charge in [0.05, 0.1) is 31.3 Å². The lowest BCUT2D eigenvalue weighted by Crippen LogP contribution is -2.25. The average molecular weight is 438 g/mol. The van der Waals surface area contributed by atoms with Crippen molar-refractivity contribution in [2.24, 2.45) is 0 Å². The first-order chi connectivity index (χ1) is 15.4. The van der Waals surface area contributed by atoms with Crippen LogP contribution < -0.4 is 19.6 Å². The van der Waals surface area contributed by atoms with Gasteiger partial charge >= 0.3 is 5.97 Å². The molecule has 0 N–H and O–H groups in total. The number of ether oxygens (including phenoxy) is 4. The fourth-order valence-electron chi connectivity index (χ4n) is 3.66. The zero-order valence-corrected chi connectivity index (χ0v) is 18.6. The molecule has 0 bridgehead atoms. The highest BCUT2D eigenvalue weighted by Gasteiger charge is 2.21. The van der Waals surface area contributed by atoms with Gasteiger partial charge in [-0.2, -0.15) is 0 Å². The second-order valence-corrected chi connectivity index (χ2v) is 8.01. The van der Waals surface area contributed by atoms with Crippen LogP contribution in [0.25, 0.3) is 22.1 Å². The lowest BCUT2D eigenvalue weighted by atomic mass is 9.98. The predicted molar refractivity (Wildman–Crippen MR) is 120 cm³/mol. The molecule has 1 aromatic heterocycles. The lowest BCUT2D eigenvalue weighted by molar-refractivity contribution is -0.147. The van der Waals surface area contributed by atoms with Crippen LogP contribution in [0.3, 0.4) is 0 Å². The van der Waals surface area contributed by atoms with Crippen molar-refractivity contribution in [2.75, 3.05) is 20.3 Å². The molecule has 7 heteroatoms. The largest absolute Gasteiger partial charge is 0.490 e. The van der Waals surface area contributed by atoms with Crippen LogP contribution in [-0.4, -0.2) is 32.4 Å². The number of methoxy groups -OCH3 is 1. The number of hydrogen-bond donors (Lipinski definition) is 0. The predicted octanol–water partition coefficient (Wildman–Crippen LogP) is 4.69. The smallest absolute Gasteiger partial charge is 0.346 e. The second kappa shape index (κ2) is 8.94. The van der Waals surface area contributed by atoms with Crippen molar-refractivity contribution < 1.29 is 28.2 Å². The Hall–Kier alpha value is -3.48. The summed E-state index contributed by atoms with van der Waals surface area (Å²) in [6.45, 7) is 6.76. The molecule has 7 nitrogen and oxygen atoms in total. The Bertz CT molecular complexity index is 1210. The molecular weight excluding hydrogens is 412 g/mol. The standard InChI is InChI=1S/C25H26O7/c1-14(2)17-11-18-21(12-22(17)32-15(3)25(27)28-4)31-13-19(24(18)26)16-6-7-20-23(10-16)30-9-5-8-29-20/h6-7,10-15H,5,8-9H2,1-4H3. The van der Waals surface area contributed by atoms with Gasteiger partial charge in [-0.25, -0.2) is 4.79 Å². The lowest BCUT2D eigenvalue weighted by Gasteiger charge is -2.18. The molecule has 0 aliphatic carbocycles. The zero-order valence-electron chi connectivity index (χ0n) is 18.6. The fourth-order valence-corrected chi connectivity index (χ4v) is 3.66. The van der Waals surface area contributed by atoms with E-state index in [1.54, 1.807) is 25.1 Å². The van der Waals surface area contributed by atoms with E-state index in [-0.39, 0.29) is 11.3 Å². The van der Waals surface area contributed by atoms with E-state index >= 15 is 0 Å². The first-order valence-corrected chi connectivity index (χ1v) is 10.6. The Balaban J connectivity index is 1.79. The van der Waals surface area contributed by atoms with Gasteiger partial charge in [-0.05, 0) is 42.2 Å². The molecule has 2 aromatic carbocycles. The molecule has 1 unspecified atom stereocenters. The summed E-state index contributed by atoms with van der Waals surface area (Å²) in [6, 6.07) is 8.87. The third kappa shape index (κ3) is 4.15. The molecular formula is C25H26O7. The summed E-state index contributed by atoms with van der Waals surface area (Å²) in [5.74, 6) is 1.34. The van der Waals surface area contributed by atoms with Crippen LogP contribution in [0.1, 0.15) is 38.7 Å². The molecule has 32 heavy (non-hydrogen) atoms. The van der Waals surface area contributed by atoms with Crippen LogP contribution in [0, 0.1) is 0 Å². The third-order valence-electron chi connectivity index (χ3n) is 5.42. The molecule has 3 aromatic rings. The van der Waals surface area contributed by atoms with Gasteiger partial charge in [-0.15, -0.1) is 0 Å². The first kappa shape index (κ1) is 21.7. The van der Waals surface area contributed by atoms with Crippen molar-refractivity contribution in [1.82, 2.24) is 0 Å². The number of fused-ring (bicyclic) bond motifs is 2. The number of carbonyl (C=O) groups excluding carboxylic acids is 1. The summed E-state index contributed by atoms with van der Waals surface area (Å²) in [5.41, 5.74) is 2.14. The normalized spacial score (nSPS) is 14.2. The highest BCUT2D eigenvalue weighted by atomic mass is 16.6. The number of benzene rings is 2. The van der Waals surface area contributed by atoms with Crippen LogP contribution in [0.2, 0.25) is 0 Å². The van der Waals surface area contributed by atoms with Crippen LogP contribution >= 0.6 is 0 Å². The van der Waals surface area contributed by atoms with Gasteiger partial charge in [0, 0.05) is 12.5 Å². The van der Waals surface area contributed by atoms with E-state index < -0.39 is 12.1 Å². The summed E-state index contributed by atoms with van der Waals surface area (Å²) in [7, 11) is 1.31. The van der Waals surface area contributed by atoms with Crippen LogP contribution in [0.15, 0.2) is 45.8 Å². The molecule has 0 amide bonds. The van der Waals surface area contributed by atoms with Crippen molar-refractivity contribution in [2.45, 2.75) is 39.2 Å². The average Bonchev–Trinajstić information content (AvgIpc) is 3.03. The third-order valence-corrected chi connectivity index (χ3v) is 5.42. The molecule has 0 saturated carbocycles. The van der Waals surface area contributed by atoms with Crippen molar-refractivity contribution in [1.29, 1.82) is 0 Å². The molecule has 0 saturated heterocycles. The summed E-state index contributed by atoms with van der Waals surface area (Å²) >= 11 is 0. The highest BCUT2D eigenvalue weighted by molar-refractivity contribution is 5.84. The summed E-state index contributed by atoms with van der Waals surface area (Å²) in [4.78, 5) is 25.2. The summed E-state index contributed by atoms with van der Waals surface area (Å²) < 4.78 is 27.8. The van der Waals surface area contributed by atoms with E-state index in [2.05, 4.69) is 0 Å². The topological polar surface area (TPSA) is 84.2 Å². The van der Waals surface area contributed by atoms with E-state index in [4.69, 9.17) is 23.4 Å². The quantitative estimate of drug-likeness (QED) is 0.535. The van der Waals surface area contributed by atoms with Gasteiger partial charge in [-0.1, -0.05) is 19.9 Å². The SMILES string of the molecule is COC(=O)C(C)Oc1cc2occ(-c3ccc4c(c3)OCCCO4)c(=O)c2cc1C(C)C. The minimum absolute atomic E-state index is 0.0559. The fraction of sp³-hybridized carbons (Fsp3) is 0.360. The zero-order chi connectivity index (χ0) is 22.8. The number of carbonyl (C=O) groups is 1. The van der Waals surface area contributed by atoms with Crippen molar-refractivity contribution in [3.05, 3.63) is 52.4 Å². The number of rotatable bonds is 5. The Labute approximate surface area is 185 Å². The Morgan fingerprint density at radius 3 is 2.50 bits per heavy atom. The Kier molecular flexibility index (Phi) is 6.08. The van der Waals surface area contributed by atoms with E-state index in [1.807, 2.05) is 26.0 Å². The minimum Gasteiger partial charge on any atom is -0.490 e. The summed E-state index contributed by atoms with van der Waals surface area (Å²) in [5, 5.41) is 0.441. The number of hydrogen-bond acceptors (Lipinski definition) is 7. The maximum atomic E-state index is 13.4. The molecule has 0 spiro atoms. The van der Waals surface area contributed by atoms with Gasteiger partial charge < -0.3 is 23.4 Å². The molecule has 2 heterocycles. The van der Waals surface area contributed by atoms with Gasteiger partial charge in [0.25, 0.3) is 0 Å². The van der Waals surface area contributed by atoms with Crippen molar-refractivity contribution in [3.8, 4) is 28.4 Å². The van der Waals surface area contributed by atoms with E-state index in [9.17, 15) is 9.59 Å². The first-order valence-electron chi connectivity index (χ1n) is 10.6. The van der Waals surface area contributed by atoms with E-state index in [0.717, 1.165) is 12.0 Å². The summed E-state index contributed by atoms with van der Waals surface area (Å²) in [6.07, 6.45) is 1.45. The molecule has 1 atom stereocenters. The monoisotopic (exact) mass is 438 g/mol. The highest BCUT2D eigenvalue weighted by Crippen LogP contribution is 2.35. The second-order valence-electron chi connectivity index (χ2n) is 8.01. The van der Waals surface area contributed by atoms with Crippen LogP contribution in [0.5, 0.6) is 17.2 Å². The van der Waals surface area contributed by atoms with Crippen LogP contribution in [-0.2, 0) is 9.53 Å². The van der Waals surface area contributed by atoms with Gasteiger partial charge in [0.1, 0.15) is 17.6 Å². The molecule has 0 fully saturated rings. The van der Waals surface area contributed by atoms with Crippen molar-refractivity contribution in [3.63, 3.8) is 0 Å². The molecule has 1 aliphatic heterocycles. The van der Waals surface area contributed by atoms with Crippen LogP contribution in [0.4, 0.5) is 0 Å². The van der Waals surface area contributed by atoms with E-state index in [0.29, 0.717) is 52.6 Å². The van der Waals surface area contributed by atoms with Gasteiger partial charge in [0.2, 0.25) is 5.43 Å². The van der Waals surface area contributed by atoms with Gasteiger partial charge in [-0.3, -0.25) is 4.79 Å². The Morgan fingerprint density at radius 1 is 1.03 bits per heavy atom. The van der Waals surface area contributed by atoms with E-state index in [1.165, 1.54) is 13.4 Å².